The molecule has 0 saturated carbocycles. The second-order valence-electron chi connectivity index (χ2n) is 7.21. The van der Waals surface area contributed by atoms with Crippen LogP contribution in [0.5, 0.6) is 5.75 Å². The van der Waals surface area contributed by atoms with Gasteiger partial charge in [-0.1, -0.05) is 30.8 Å². The molecule has 8 heteroatoms. The molecule has 3 aromatic rings. The van der Waals surface area contributed by atoms with E-state index in [1.807, 2.05) is 45.3 Å². The van der Waals surface area contributed by atoms with E-state index in [4.69, 9.17) is 4.74 Å². The van der Waals surface area contributed by atoms with Gasteiger partial charge in [0.15, 0.2) is 0 Å². The van der Waals surface area contributed by atoms with Gasteiger partial charge in [-0.25, -0.2) is 9.97 Å². The molecule has 1 unspecified atom stereocenters. The predicted molar refractivity (Wildman–Crippen MR) is 125 cm³/mol. The van der Waals surface area contributed by atoms with Gasteiger partial charge in [0.05, 0.1) is 18.9 Å². The summed E-state index contributed by atoms with van der Waals surface area (Å²) in [7, 11) is 5.68. The number of ether oxygens (including phenoxy) is 1. The molecule has 0 aliphatic carbocycles. The fourth-order valence-corrected chi connectivity index (χ4v) is 5.11. The number of nitrogens with zero attached hydrogens (tertiary/aromatic N) is 3. The highest BCUT2D eigenvalue weighted by Crippen LogP contribution is 2.31. The lowest BCUT2D eigenvalue weighted by atomic mass is 10.1. The number of carbonyl (C=O) groups excluding carboxylic acids is 1. The number of carbonyl (C=O) groups is 1. The lowest BCUT2D eigenvalue weighted by Gasteiger charge is -2.25. The van der Waals surface area contributed by atoms with Crippen LogP contribution in [0.15, 0.2) is 35.4 Å². The van der Waals surface area contributed by atoms with E-state index < -0.39 is 0 Å². The first-order valence-corrected chi connectivity index (χ1v) is 11.7. The van der Waals surface area contributed by atoms with Gasteiger partial charge in [-0.3, -0.25) is 4.79 Å². The number of likely N-dealkylation sites (N-methyl/N-ethyl adjacent to an activating group) is 1. The van der Waals surface area contributed by atoms with Gasteiger partial charge in [0.2, 0.25) is 5.91 Å². The zero-order valence-corrected chi connectivity index (χ0v) is 19.7. The zero-order chi connectivity index (χ0) is 21.7. The smallest absolute Gasteiger partial charge is 0.230 e. The third kappa shape index (κ3) is 5.50. The van der Waals surface area contributed by atoms with Crippen LogP contribution >= 0.6 is 23.1 Å². The van der Waals surface area contributed by atoms with Crippen molar-refractivity contribution in [1.82, 2.24) is 20.2 Å². The highest BCUT2D eigenvalue weighted by molar-refractivity contribution is 8.00. The highest BCUT2D eigenvalue weighted by Gasteiger charge is 2.17. The quantitative estimate of drug-likeness (QED) is 0.396. The minimum absolute atomic E-state index is 0.00396. The summed E-state index contributed by atoms with van der Waals surface area (Å²) in [6.45, 7) is 4.57. The van der Waals surface area contributed by atoms with Crippen molar-refractivity contribution in [2.24, 2.45) is 0 Å². The van der Waals surface area contributed by atoms with Crippen LogP contribution in [0.2, 0.25) is 0 Å². The van der Waals surface area contributed by atoms with Crippen LogP contribution in [0.3, 0.4) is 0 Å². The fraction of sp³-hybridized carbons (Fsp3) is 0.409. The minimum atomic E-state index is -0.00396. The molecule has 160 valence electrons. The Labute approximate surface area is 186 Å². The molecule has 2 aromatic heterocycles. The Morgan fingerprint density at radius 3 is 2.63 bits per heavy atom. The van der Waals surface area contributed by atoms with E-state index in [1.165, 1.54) is 16.6 Å². The maximum atomic E-state index is 12.5. The first-order chi connectivity index (χ1) is 14.4. The van der Waals surface area contributed by atoms with Crippen molar-refractivity contribution in [2.45, 2.75) is 31.3 Å². The van der Waals surface area contributed by atoms with E-state index >= 15 is 0 Å². The van der Waals surface area contributed by atoms with Crippen molar-refractivity contribution in [2.75, 3.05) is 33.5 Å². The standard InChI is InChI=1S/C22H28N4O2S2/c1-6-17-11-18-21(24-14(2)25-22(18)30-17)29-13-20(27)23-12-19(26(3)4)15-7-9-16(28-5)10-8-15/h7-11,19H,6,12-13H2,1-5H3,(H,23,27). The number of hydrogen-bond acceptors (Lipinski definition) is 7. The molecule has 1 aromatic carbocycles. The number of thioether (sulfide) groups is 1. The molecule has 3 rings (SSSR count). The summed E-state index contributed by atoms with van der Waals surface area (Å²) in [6, 6.07) is 10.2. The molecular weight excluding hydrogens is 416 g/mol. The number of aromatic nitrogens is 2. The monoisotopic (exact) mass is 444 g/mol. The Kier molecular flexibility index (Phi) is 7.69. The van der Waals surface area contributed by atoms with Crippen LogP contribution in [0.1, 0.15) is 29.2 Å². The molecule has 0 spiro atoms. The van der Waals surface area contributed by atoms with Crippen LogP contribution in [-0.2, 0) is 11.2 Å². The van der Waals surface area contributed by atoms with E-state index in [2.05, 4.69) is 33.2 Å². The summed E-state index contributed by atoms with van der Waals surface area (Å²) in [5, 5.41) is 4.99. The van der Waals surface area contributed by atoms with Crippen molar-refractivity contribution in [3.8, 4) is 5.75 Å². The van der Waals surface area contributed by atoms with Gasteiger partial charge >= 0.3 is 0 Å². The number of hydrogen-bond donors (Lipinski definition) is 1. The third-order valence-electron chi connectivity index (χ3n) is 4.83. The lowest BCUT2D eigenvalue weighted by molar-refractivity contribution is -0.118. The maximum absolute atomic E-state index is 12.5. The molecular formula is C22H28N4O2S2. The lowest BCUT2D eigenvalue weighted by Crippen LogP contribution is -2.35. The van der Waals surface area contributed by atoms with Gasteiger partial charge < -0.3 is 15.0 Å². The molecule has 1 amide bonds. The van der Waals surface area contributed by atoms with Crippen LogP contribution in [0, 0.1) is 6.92 Å². The predicted octanol–water partition coefficient (Wildman–Crippen LogP) is 4.08. The summed E-state index contributed by atoms with van der Waals surface area (Å²) in [5.41, 5.74) is 1.13. The number of benzene rings is 1. The zero-order valence-electron chi connectivity index (χ0n) is 18.1. The van der Waals surface area contributed by atoms with Crippen molar-refractivity contribution in [3.63, 3.8) is 0 Å². The summed E-state index contributed by atoms with van der Waals surface area (Å²) in [4.78, 5) is 26.0. The van der Waals surface area contributed by atoms with Gasteiger partial charge in [0, 0.05) is 16.8 Å². The molecule has 0 aliphatic rings. The number of fused-ring (bicyclic) bond motifs is 1. The van der Waals surface area contributed by atoms with E-state index in [-0.39, 0.29) is 11.9 Å². The Balaban J connectivity index is 1.62. The second kappa shape index (κ2) is 10.2. The van der Waals surface area contributed by atoms with Crippen LogP contribution < -0.4 is 10.1 Å². The molecule has 0 radical (unpaired) electrons. The number of rotatable bonds is 9. The molecule has 0 saturated heterocycles. The Morgan fingerprint density at radius 2 is 2.00 bits per heavy atom. The maximum Gasteiger partial charge on any atom is 0.230 e. The normalized spacial score (nSPS) is 12.3. The van der Waals surface area contributed by atoms with Gasteiger partial charge in [-0.15, -0.1) is 11.3 Å². The molecule has 1 N–H and O–H groups in total. The molecule has 2 heterocycles. The van der Waals surface area contributed by atoms with Gasteiger partial charge in [0.25, 0.3) is 0 Å². The van der Waals surface area contributed by atoms with Crippen molar-refractivity contribution < 1.29 is 9.53 Å². The first-order valence-electron chi connectivity index (χ1n) is 9.88. The molecule has 0 aliphatic heterocycles. The molecule has 0 fully saturated rings. The van der Waals surface area contributed by atoms with E-state index in [0.717, 1.165) is 38.8 Å². The topological polar surface area (TPSA) is 67.3 Å². The number of nitrogens with one attached hydrogen (secondary N) is 1. The summed E-state index contributed by atoms with van der Waals surface area (Å²) >= 11 is 3.17. The molecule has 1 atom stereocenters. The average molecular weight is 445 g/mol. The molecule has 0 bridgehead atoms. The Morgan fingerprint density at radius 1 is 1.27 bits per heavy atom. The first kappa shape index (κ1) is 22.5. The highest BCUT2D eigenvalue weighted by atomic mass is 32.2. The third-order valence-corrected chi connectivity index (χ3v) is 6.99. The minimum Gasteiger partial charge on any atom is -0.497 e. The van der Waals surface area contributed by atoms with E-state index in [0.29, 0.717) is 12.3 Å². The van der Waals surface area contributed by atoms with Crippen molar-refractivity contribution in [1.29, 1.82) is 0 Å². The van der Waals surface area contributed by atoms with E-state index in [9.17, 15) is 4.79 Å². The van der Waals surface area contributed by atoms with Gasteiger partial charge in [-0.2, -0.15) is 0 Å². The largest absolute Gasteiger partial charge is 0.497 e. The Hall–Kier alpha value is -2.16. The molecule has 6 nitrogen and oxygen atoms in total. The van der Waals surface area contributed by atoms with Crippen LogP contribution in [0.4, 0.5) is 0 Å². The number of methoxy groups -OCH3 is 1. The van der Waals surface area contributed by atoms with Crippen LogP contribution in [0.25, 0.3) is 10.2 Å². The van der Waals surface area contributed by atoms with Gasteiger partial charge in [-0.05, 0) is 51.2 Å². The van der Waals surface area contributed by atoms with Crippen LogP contribution in [-0.4, -0.2) is 54.3 Å². The van der Waals surface area contributed by atoms with Gasteiger partial charge in [0.1, 0.15) is 21.4 Å². The average Bonchev–Trinajstić information content (AvgIpc) is 3.15. The van der Waals surface area contributed by atoms with E-state index in [1.54, 1.807) is 18.4 Å². The summed E-state index contributed by atoms with van der Waals surface area (Å²) < 4.78 is 5.23. The summed E-state index contributed by atoms with van der Waals surface area (Å²) in [6.07, 6.45) is 0.974. The molecule has 30 heavy (non-hydrogen) atoms. The van der Waals surface area contributed by atoms with Crippen molar-refractivity contribution in [3.05, 3.63) is 46.6 Å². The number of amides is 1. The summed E-state index contributed by atoms with van der Waals surface area (Å²) in [5.74, 6) is 1.88. The number of aryl methyl sites for hydroxylation is 2. The van der Waals surface area contributed by atoms with Crippen molar-refractivity contribution >= 4 is 39.2 Å². The second-order valence-corrected chi connectivity index (χ2v) is 9.29. The Bertz CT molecular complexity index is 1000. The number of thiophene rings is 1. The fourth-order valence-electron chi connectivity index (χ4n) is 3.15. The SMILES string of the molecule is CCc1cc2c(SCC(=O)NCC(c3ccc(OC)cc3)N(C)C)nc(C)nc2s1.